The summed E-state index contributed by atoms with van der Waals surface area (Å²) in [6.45, 7) is 0.585. The molecule has 0 amide bonds. The van der Waals surface area contributed by atoms with E-state index in [0.29, 0.717) is 6.61 Å². The lowest BCUT2D eigenvalue weighted by atomic mass is 9.85. The number of ether oxygens (including phenoxy) is 2. The van der Waals surface area contributed by atoms with Gasteiger partial charge in [-0.25, -0.2) is 0 Å². The van der Waals surface area contributed by atoms with Gasteiger partial charge < -0.3 is 9.47 Å². The van der Waals surface area contributed by atoms with E-state index in [-0.39, 0.29) is 5.60 Å². The lowest BCUT2D eigenvalue weighted by molar-refractivity contribution is 0.0705. The van der Waals surface area contributed by atoms with E-state index in [9.17, 15) is 0 Å². The molecule has 33 heavy (non-hydrogen) atoms. The largest absolute Gasteiger partial charge is 0.493 e. The molecule has 0 N–H and O–H groups in total. The van der Waals surface area contributed by atoms with Gasteiger partial charge in [0.1, 0.15) is 28.5 Å². The number of benzene rings is 2. The lowest BCUT2D eigenvalue weighted by Gasteiger charge is -2.37. The van der Waals surface area contributed by atoms with Gasteiger partial charge in [-0.3, -0.25) is 0 Å². The summed E-state index contributed by atoms with van der Waals surface area (Å²) < 4.78 is 12.7. The quantitative estimate of drug-likeness (QED) is 0.401. The minimum Gasteiger partial charge on any atom is -0.493 e. The molecule has 4 heterocycles. The summed E-state index contributed by atoms with van der Waals surface area (Å²) in [5, 5.41) is 18.3. The van der Waals surface area contributed by atoms with Crippen molar-refractivity contribution in [1.82, 2.24) is 20.4 Å². The maximum Gasteiger partial charge on any atom is 0.136 e. The van der Waals surface area contributed by atoms with Gasteiger partial charge in [-0.15, -0.1) is 10.2 Å². The van der Waals surface area contributed by atoms with Crippen LogP contribution in [0.5, 0.6) is 11.5 Å². The first kappa shape index (κ1) is 18.7. The Morgan fingerprint density at radius 1 is 0.758 bits per heavy atom. The molecule has 0 atom stereocenters. The summed E-state index contributed by atoms with van der Waals surface area (Å²) in [6.07, 6.45) is 6.83. The second kappa shape index (κ2) is 7.10. The monoisotopic (exact) mass is 434 g/mol. The molecule has 2 aliphatic heterocycles. The van der Waals surface area contributed by atoms with Crippen LogP contribution in [0.15, 0.2) is 60.8 Å². The van der Waals surface area contributed by atoms with Gasteiger partial charge in [0.25, 0.3) is 0 Å². The third-order valence-corrected chi connectivity index (χ3v) is 7.13. The van der Waals surface area contributed by atoms with Gasteiger partial charge in [0.15, 0.2) is 0 Å². The first-order valence-electron chi connectivity index (χ1n) is 11.6. The minimum absolute atomic E-state index is 0.332. The fraction of sp³-hybridized carbons (Fsp3) is 0.259. The Bertz CT molecular complexity index is 1390. The average Bonchev–Trinajstić information content (AvgIpc) is 3.24. The maximum absolute atomic E-state index is 6.66. The van der Waals surface area contributed by atoms with Gasteiger partial charge in [0.05, 0.1) is 18.5 Å². The molecule has 0 bridgehead atoms. The molecule has 0 saturated heterocycles. The van der Waals surface area contributed by atoms with Crippen LogP contribution in [0, 0.1) is 0 Å². The van der Waals surface area contributed by atoms with E-state index in [1.54, 1.807) is 0 Å². The molecule has 4 aromatic rings. The molecule has 6 heteroatoms. The van der Waals surface area contributed by atoms with E-state index in [1.807, 2.05) is 48.7 Å². The molecule has 162 valence electrons. The van der Waals surface area contributed by atoms with Gasteiger partial charge >= 0.3 is 0 Å². The number of aromatic nitrogens is 4. The molecule has 2 aromatic heterocycles. The van der Waals surface area contributed by atoms with Gasteiger partial charge in [0, 0.05) is 28.7 Å². The summed E-state index contributed by atoms with van der Waals surface area (Å²) in [5.74, 6) is 1.75. The van der Waals surface area contributed by atoms with Gasteiger partial charge in [0.2, 0.25) is 0 Å². The van der Waals surface area contributed by atoms with Crippen LogP contribution < -0.4 is 9.47 Å². The Labute approximate surface area is 191 Å². The van der Waals surface area contributed by atoms with Crippen LogP contribution in [0.1, 0.15) is 36.8 Å². The van der Waals surface area contributed by atoms with Gasteiger partial charge in [-0.1, -0.05) is 24.3 Å². The van der Waals surface area contributed by atoms with Gasteiger partial charge in [-0.2, -0.15) is 10.2 Å². The van der Waals surface area contributed by atoms with Crippen LogP contribution in [0.4, 0.5) is 0 Å². The SMILES string of the molecule is c1ccc2c(c1)OC1(CCCC1)c1cc(-c3cnnc4c3CCOc3ccccc3-4)nnc1-2. The van der Waals surface area contributed by atoms with Crippen LogP contribution in [0.2, 0.25) is 0 Å². The summed E-state index contributed by atoms with van der Waals surface area (Å²) in [7, 11) is 0. The normalized spacial score (nSPS) is 17.1. The number of para-hydroxylation sites is 2. The van der Waals surface area contributed by atoms with Crippen molar-refractivity contribution in [3.63, 3.8) is 0 Å². The molecular weight excluding hydrogens is 412 g/mol. The zero-order chi connectivity index (χ0) is 21.8. The highest BCUT2D eigenvalue weighted by molar-refractivity contribution is 5.79. The van der Waals surface area contributed by atoms with E-state index in [1.165, 1.54) is 0 Å². The van der Waals surface area contributed by atoms with Crippen LogP contribution in [0.3, 0.4) is 0 Å². The highest BCUT2D eigenvalue weighted by Gasteiger charge is 2.44. The van der Waals surface area contributed by atoms with E-state index < -0.39 is 0 Å². The fourth-order valence-electron chi connectivity index (χ4n) is 5.56. The third-order valence-electron chi connectivity index (χ3n) is 7.13. The average molecular weight is 434 g/mol. The molecule has 0 radical (unpaired) electrons. The fourth-order valence-corrected chi connectivity index (χ4v) is 5.56. The van der Waals surface area contributed by atoms with Crippen molar-refractivity contribution in [2.24, 2.45) is 0 Å². The van der Waals surface area contributed by atoms with Crippen LogP contribution in [-0.2, 0) is 12.0 Å². The second-order valence-corrected chi connectivity index (χ2v) is 8.97. The van der Waals surface area contributed by atoms with E-state index >= 15 is 0 Å². The van der Waals surface area contributed by atoms with Crippen molar-refractivity contribution in [1.29, 1.82) is 0 Å². The Balaban J connectivity index is 1.43. The zero-order valence-corrected chi connectivity index (χ0v) is 18.1. The Morgan fingerprint density at radius 3 is 2.36 bits per heavy atom. The van der Waals surface area contributed by atoms with Crippen molar-refractivity contribution in [3.05, 3.63) is 71.9 Å². The predicted octanol–water partition coefficient (Wildman–Crippen LogP) is 5.36. The first-order chi connectivity index (χ1) is 16.3. The zero-order valence-electron chi connectivity index (χ0n) is 18.1. The molecule has 1 aliphatic carbocycles. The number of rotatable bonds is 1. The number of hydrogen-bond donors (Lipinski definition) is 0. The standard InChI is InChI=1S/C27H22N4O2/c1-3-9-23-18(7-1)25-17(11-14-32-23)20(16-28-30-25)22-15-21-26(31-29-22)19-8-2-4-10-24(19)33-27(21)12-5-6-13-27/h1-4,7-10,15-16H,5-6,11-14H2. The van der Waals surface area contributed by atoms with Crippen molar-refractivity contribution in [2.45, 2.75) is 37.7 Å². The molecular formula is C27H22N4O2. The number of nitrogens with zero attached hydrogens (tertiary/aromatic N) is 4. The summed E-state index contributed by atoms with van der Waals surface area (Å²) >= 11 is 0. The smallest absolute Gasteiger partial charge is 0.136 e. The first-order valence-corrected chi connectivity index (χ1v) is 11.6. The molecule has 1 saturated carbocycles. The van der Waals surface area contributed by atoms with Crippen molar-refractivity contribution < 1.29 is 9.47 Å². The Kier molecular flexibility index (Phi) is 4.03. The lowest BCUT2D eigenvalue weighted by Crippen LogP contribution is -2.33. The van der Waals surface area contributed by atoms with E-state index in [2.05, 4.69) is 22.3 Å². The highest BCUT2D eigenvalue weighted by Crippen LogP contribution is 2.52. The second-order valence-electron chi connectivity index (χ2n) is 8.97. The molecule has 2 aromatic carbocycles. The molecule has 1 fully saturated rings. The van der Waals surface area contributed by atoms with Crippen LogP contribution in [-0.4, -0.2) is 27.0 Å². The summed E-state index contributed by atoms with van der Waals surface area (Å²) in [5.41, 5.74) is 7.45. The summed E-state index contributed by atoms with van der Waals surface area (Å²) in [4.78, 5) is 0. The van der Waals surface area contributed by atoms with Gasteiger partial charge in [-0.05, 0) is 61.6 Å². The van der Waals surface area contributed by atoms with Crippen LogP contribution >= 0.6 is 0 Å². The third kappa shape index (κ3) is 2.80. The summed E-state index contributed by atoms with van der Waals surface area (Å²) in [6, 6.07) is 18.3. The molecule has 3 aliphatic rings. The Hall–Kier alpha value is -3.80. The van der Waals surface area contributed by atoms with Crippen molar-refractivity contribution in [2.75, 3.05) is 6.61 Å². The number of hydrogen-bond acceptors (Lipinski definition) is 6. The Morgan fingerprint density at radius 2 is 1.52 bits per heavy atom. The van der Waals surface area contributed by atoms with Crippen LogP contribution in [0.25, 0.3) is 33.8 Å². The van der Waals surface area contributed by atoms with E-state index in [0.717, 1.165) is 88.5 Å². The molecule has 7 rings (SSSR count). The van der Waals surface area contributed by atoms with Crippen molar-refractivity contribution in [3.8, 4) is 45.3 Å². The topological polar surface area (TPSA) is 70.0 Å². The predicted molar refractivity (Wildman–Crippen MR) is 124 cm³/mol. The highest BCUT2D eigenvalue weighted by atomic mass is 16.5. The molecule has 1 spiro atoms. The minimum atomic E-state index is -0.332. The molecule has 0 unspecified atom stereocenters. The number of fused-ring (bicyclic) bond motifs is 7. The van der Waals surface area contributed by atoms with E-state index in [4.69, 9.17) is 19.7 Å². The maximum atomic E-state index is 6.66. The van der Waals surface area contributed by atoms with Crippen molar-refractivity contribution >= 4 is 0 Å². The molecule has 6 nitrogen and oxygen atoms in total.